The summed E-state index contributed by atoms with van der Waals surface area (Å²) in [6.07, 6.45) is 4.75. The summed E-state index contributed by atoms with van der Waals surface area (Å²) in [4.78, 5) is 43.6. The van der Waals surface area contributed by atoms with Crippen LogP contribution in [-0.2, 0) is 29.1 Å². The molecule has 2 heterocycles. The number of benzene rings is 2. The number of aliphatic carboxylic acids is 1. The lowest BCUT2D eigenvalue weighted by Crippen LogP contribution is -2.30. The molecular formula is C25H23F2N5O4. The predicted octanol–water partition coefficient (Wildman–Crippen LogP) is 3.30. The van der Waals surface area contributed by atoms with Gasteiger partial charge < -0.3 is 24.9 Å². The topological polar surface area (TPSA) is 120 Å². The van der Waals surface area contributed by atoms with Crippen molar-refractivity contribution in [1.82, 2.24) is 14.5 Å². The Bertz CT molecular complexity index is 1440. The average Bonchev–Trinajstić information content (AvgIpc) is 3.39. The minimum Gasteiger partial charge on any atom is -0.481 e. The highest BCUT2D eigenvalue weighted by molar-refractivity contribution is 5.87. The normalized spacial score (nSPS) is 10.9. The van der Waals surface area contributed by atoms with Crippen molar-refractivity contribution in [3.8, 4) is 0 Å². The van der Waals surface area contributed by atoms with Gasteiger partial charge in [-0.25, -0.2) is 13.8 Å². The van der Waals surface area contributed by atoms with E-state index in [4.69, 9.17) is 5.11 Å². The van der Waals surface area contributed by atoms with Crippen LogP contribution in [0.3, 0.4) is 0 Å². The van der Waals surface area contributed by atoms with E-state index in [0.717, 1.165) is 16.5 Å². The number of aromatic amines is 1. The molecule has 4 aromatic rings. The van der Waals surface area contributed by atoms with Gasteiger partial charge in [0.1, 0.15) is 11.5 Å². The van der Waals surface area contributed by atoms with E-state index in [0.29, 0.717) is 18.8 Å². The Morgan fingerprint density at radius 2 is 2.03 bits per heavy atom. The lowest BCUT2D eigenvalue weighted by Gasteiger charge is -2.21. The molecule has 0 aliphatic heterocycles. The molecule has 2 aromatic carbocycles. The summed E-state index contributed by atoms with van der Waals surface area (Å²) in [7, 11) is 0. The van der Waals surface area contributed by atoms with Gasteiger partial charge >= 0.3 is 5.97 Å². The third-order valence-electron chi connectivity index (χ3n) is 5.75. The van der Waals surface area contributed by atoms with Crippen LogP contribution in [0.4, 0.5) is 20.4 Å². The highest BCUT2D eigenvalue weighted by atomic mass is 19.1. The molecule has 186 valence electrons. The lowest BCUT2D eigenvalue weighted by atomic mass is 10.1. The minimum atomic E-state index is -1.15. The molecule has 0 saturated carbocycles. The number of imidazole rings is 1. The van der Waals surface area contributed by atoms with Gasteiger partial charge in [-0.1, -0.05) is 30.3 Å². The van der Waals surface area contributed by atoms with Crippen LogP contribution in [0.15, 0.2) is 59.8 Å². The zero-order chi connectivity index (χ0) is 25.7. The Balaban J connectivity index is 1.83. The summed E-state index contributed by atoms with van der Waals surface area (Å²) < 4.78 is 32.2. The number of nitrogens with zero attached hydrogens (tertiary/aromatic N) is 3. The van der Waals surface area contributed by atoms with E-state index >= 15 is 8.78 Å². The summed E-state index contributed by atoms with van der Waals surface area (Å²) in [6, 6.07) is 10.3. The second-order valence-corrected chi connectivity index (χ2v) is 8.05. The van der Waals surface area contributed by atoms with Crippen molar-refractivity contribution < 1.29 is 23.5 Å². The van der Waals surface area contributed by atoms with E-state index in [1.165, 1.54) is 17.0 Å². The molecule has 0 radical (unpaired) electrons. The monoisotopic (exact) mass is 495 g/mol. The molecule has 0 unspecified atom stereocenters. The van der Waals surface area contributed by atoms with Crippen molar-refractivity contribution in [2.45, 2.75) is 25.9 Å². The second-order valence-electron chi connectivity index (χ2n) is 8.05. The average molecular weight is 495 g/mol. The maximum Gasteiger partial charge on any atom is 0.305 e. The van der Waals surface area contributed by atoms with Crippen LogP contribution in [0.5, 0.6) is 0 Å². The minimum absolute atomic E-state index is 0.110. The van der Waals surface area contributed by atoms with Crippen molar-refractivity contribution in [2.75, 3.05) is 16.8 Å². The number of carboxylic acid groups (broad SMARTS) is 1. The Morgan fingerprint density at radius 3 is 2.69 bits per heavy atom. The van der Waals surface area contributed by atoms with E-state index < -0.39 is 29.5 Å². The number of pyridine rings is 1. The number of rotatable bonds is 11. The number of amides is 1. The summed E-state index contributed by atoms with van der Waals surface area (Å²) in [5, 5.41) is 11.5. The van der Waals surface area contributed by atoms with Crippen molar-refractivity contribution in [1.29, 1.82) is 0 Å². The van der Waals surface area contributed by atoms with Crippen LogP contribution < -0.4 is 15.6 Å². The standard InChI is InChI=1S/C25H23F2N5O4/c26-19-12-17-23(22(27)18(19)13-30-25-28-8-9-29-25)31(10-6-16-4-2-1-3-5-16)14-20(24(17)36)32(15-33)11-7-21(34)35/h1-5,8-9,12,14-15H,6-7,10-11,13H2,(H,34,35)(H2,28,29,30). The molecule has 9 nitrogen and oxygen atoms in total. The van der Waals surface area contributed by atoms with E-state index in [-0.39, 0.29) is 41.8 Å². The first-order chi connectivity index (χ1) is 17.4. The quantitative estimate of drug-likeness (QED) is 0.275. The molecule has 0 atom stereocenters. The zero-order valence-corrected chi connectivity index (χ0v) is 19.1. The smallest absolute Gasteiger partial charge is 0.305 e. The molecule has 0 saturated heterocycles. The largest absolute Gasteiger partial charge is 0.481 e. The molecule has 0 fully saturated rings. The molecule has 0 aliphatic rings. The van der Waals surface area contributed by atoms with E-state index in [9.17, 15) is 14.4 Å². The summed E-state index contributed by atoms with van der Waals surface area (Å²) in [5.41, 5.74) is -0.376. The molecule has 0 aliphatic carbocycles. The first kappa shape index (κ1) is 24.6. The first-order valence-electron chi connectivity index (χ1n) is 11.1. The number of halogens is 2. The van der Waals surface area contributed by atoms with Gasteiger partial charge in [0.05, 0.1) is 17.3 Å². The third kappa shape index (κ3) is 5.24. The van der Waals surface area contributed by atoms with Crippen LogP contribution in [0, 0.1) is 11.6 Å². The summed E-state index contributed by atoms with van der Waals surface area (Å²) in [6.45, 7) is -0.282. The molecule has 4 rings (SSSR count). The second kappa shape index (κ2) is 10.8. The number of hydrogen-bond donors (Lipinski definition) is 3. The van der Waals surface area contributed by atoms with Crippen LogP contribution in [0.1, 0.15) is 17.5 Å². The van der Waals surface area contributed by atoms with Crippen molar-refractivity contribution in [3.63, 3.8) is 0 Å². The number of hydrogen-bond acceptors (Lipinski definition) is 5. The number of carbonyl (C=O) groups is 2. The highest BCUT2D eigenvalue weighted by Gasteiger charge is 2.22. The number of H-pyrrole nitrogens is 1. The molecule has 0 spiro atoms. The van der Waals surface area contributed by atoms with E-state index in [2.05, 4.69) is 15.3 Å². The first-order valence-corrected chi connectivity index (χ1v) is 11.1. The molecule has 11 heteroatoms. The number of fused-ring (bicyclic) bond motifs is 1. The number of nitrogens with one attached hydrogen (secondary N) is 2. The SMILES string of the molecule is O=CN(CCC(=O)O)c1cn(CCc2ccccc2)c2c(F)c(CNc3ncc[nH]3)c(F)cc2c1=O. The molecule has 36 heavy (non-hydrogen) atoms. The van der Waals surface area contributed by atoms with Gasteiger partial charge in [-0.2, -0.15) is 0 Å². The van der Waals surface area contributed by atoms with Crippen molar-refractivity contribution in [2.24, 2.45) is 0 Å². The Labute approximate surface area is 204 Å². The number of anilines is 2. The predicted molar refractivity (Wildman–Crippen MR) is 130 cm³/mol. The van der Waals surface area contributed by atoms with Crippen LogP contribution in [0.2, 0.25) is 0 Å². The third-order valence-corrected chi connectivity index (χ3v) is 5.75. The number of carboxylic acids is 1. The Hall–Kier alpha value is -4.54. The number of aromatic nitrogens is 3. The van der Waals surface area contributed by atoms with Gasteiger partial charge in [0, 0.05) is 43.8 Å². The van der Waals surface area contributed by atoms with Crippen molar-refractivity contribution >= 4 is 34.9 Å². The molecule has 2 aromatic heterocycles. The highest BCUT2D eigenvalue weighted by Crippen LogP contribution is 2.26. The Kier molecular flexibility index (Phi) is 7.38. The maximum atomic E-state index is 15.8. The summed E-state index contributed by atoms with van der Waals surface area (Å²) >= 11 is 0. The fraction of sp³-hybridized carbons (Fsp3) is 0.200. The van der Waals surface area contributed by atoms with Crippen molar-refractivity contribution in [3.05, 3.63) is 88.0 Å². The zero-order valence-electron chi connectivity index (χ0n) is 19.1. The molecule has 1 amide bonds. The molecule has 0 bridgehead atoms. The molecular weight excluding hydrogens is 472 g/mol. The van der Waals surface area contributed by atoms with Gasteiger partial charge in [-0.15, -0.1) is 0 Å². The van der Waals surface area contributed by atoms with Gasteiger partial charge in [-0.05, 0) is 18.1 Å². The van der Waals surface area contributed by atoms with Crippen LogP contribution >= 0.6 is 0 Å². The van der Waals surface area contributed by atoms with Gasteiger partial charge in [0.2, 0.25) is 11.8 Å². The lowest BCUT2D eigenvalue weighted by molar-refractivity contribution is -0.136. The van der Waals surface area contributed by atoms with E-state index in [1.54, 1.807) is 6.20 Å². The van der Waals surface area contributed by atoms with E-state index in [1.807, 2.05) is 30.3 Å². The maximum absolute atomic E-state index is 15.8. The number of carbonyl (C=O) groups excluding carboxylic acids is 1. The van der Waals surface area contributed by atoms with Gasteiger partial charge in [0.15, 0.2) is 11.8 Å². The fourth-order valence-corrected chi connectivity index (χ4v) is 3.93. The fourth-order valence-electron chi connectivity index (χ4n) is 3.93. The number of aryl methyl sites for hydroxylation is 2. The van der Waals surface area contributed by atoms with Gasteiger partial charge in [0.25, 0.3) is 0 Å². The summed E-state index contributed by atoms with van der Waals surface area (Å²) in [5.74, 6) is -2.68. The van der Waals surface area contributed by atoms with Crippen LogP contribution in [0.25, 0.3) is 10.9 Å². The van der Waals surface area contributed by atoms with Crippen LogP contribution in [-0.4, -0.2) is 38.6 Å². The molecule has 3 N–H and O–H groups in total. The Morgan fingerprint density at radius 1 is 1.25 bits per heavy atom. The van der Waals surface area contributed by atoms with Gasteiger partial charge in [-0.3, -0.25) is 14.4 Å².